The third kappa shape index (κ3) is 2.89. The topological polar surface area (TPSA) is 0 Å². The van der Waals surface area contributed by atoms with E-state index in [1.54, 1.807) is 0 Å². The standard InChI is InChI=1S/C9H6FI/c10-6-2-4-8-3-1-5-9(11)7-8/h1,3,5,7H,6H2. The molecule has 0 heterocycles. The Kier molecular flexibility index (Phi) is 3.37. The molecule has 0 N–H and O–H groups in total. The van der Waals surface area contributed by atoms with E-state index in [1.807, 2.05) is 24.3 Å². The van der Waals surface area contributed by atoms with E-state index in [1.165, 1.54) is 0 Å². The molecule has 0 aliphatic heterocycles. The van der Waals surface area contributed by atoms with E-state index in [-0.39, 0.29) is 0 Å². The first-order valence-electron chi connectivity index (χ1n) is 3.13. The van der Waals surface area contributed by atoms with E-state index in [2.05, 4.69) is 34.4 Å². The van der Waals surface area contributed by atoms with Crippen molar-refractivity contribution in [3.8, 4) is 11.8 Å². The minimum Gasteiger partial charge on any atom is -0.237 e. The van der Waals surface area contributed by atoms with Crippen LogP contribution in [0.15, 0.2) is 24.3 Å². The summed E-state index contributed by atoms with van der Waals surface area (Å²) < 4.78 is 12.7. The Labute approximate surface area is 79.0 Å². The third-order valence-electron chi connectivity index (χ3n) is 1.12. The van der Waals surface area contributed by atoms with E-state index in [9.17, 15) is 4.39 Å². The lowest BCUT2D eigenvalue weighted by molar-refractivity contribution is 0.573. The lowest BCUT2D eigenvalue weighted by atomic mass is 10.2. The average Bonchev–Trinajstić information content (AvgIpc) is 2.01. The van der Waals surface area contributed by atoms with E-state index in [0.29, 0.717) is 0 Å². The van der Waals surface area contributed by atoms with Crippen LogP contribution in [0.1, 0.15) is 5.56 Å². The first kappa shape index (κ1) is 8.54. The summed E-state index contributed by atoms with van der Waals surface area (Å²) in [5, 5.41) is 0. The first-order valence-corrected chi connectivity index (χ1v) is 4.21. The molecule has 0 amide bonds. The molecular formula is C9H6FI. The van der Waals surface area contributed by atoms with Crippen molar-refractivity contribution in [1.29, 1.82) is 0 Å². The molecular weight excluding hydrogens is 254 g/mol. The Balaban J connectivity index is 2.87. The van der Waals surface area contributed by atoms with Gasteiger partial charge in [0.2, 0.25) is 0 Å². The van der Waals surface area contributed by atoms with Gasteiger partial charge in [-0.2, -0.15) is 0 Å². The van der Waals surface area contributed by atoms with Gasteiger partial charge in [0, 0.05) is 9.13 Å². The van der Waals surface area contributed by atoms with Crippen molar-refractivity contribution in [2.45, 2.75) is 0 Å². The number of rotatable bonds is 0. The smallest absolute Gasteiger partial charge is 0.150 e. The second-order valence-corrected chi connectivity index (χ2v) is 3.19. The molecule has 11 heavy (non-hydrogen) atoms. The van der Waals surface area contributed by atoms with E-state index in [0.717, 1.165) is 9.13 Å². The van der Waals surface area contributed by atoms with E-state index < -0.39 is 6.67 Å². The fourth-order valence-corrected chi connectivity index (χ4v) is 1.24. The number of benzene rings is 1. The number of hydrogen-bond acceptors (Lipinski definition) is 0. The molecule has 0 bridgehead atoms. The van der Waals surface area contributed by atoms with Crippen molar-refractivity contribution in [1.82, 2.24) is 0 Å². The normalized spacial score (nSPS) is 8.55. The van der Waals surface area contributed by atoms with Gasteiger partial charge in [-0.25, -0.2) is 4.39 Å². The van der Waals surface area contributed by atoms with Crippen molar-refractivity contribution in [2.24, 2.45) is 0 Å². The Morgan fingerprint density at radius 1 is 1.45 bits per heavy atom. The third-order valence-corrected chi connectivity index (χ3v) is 1.80. The fourth-order valence-electron chi connectivity index (χ4n) is 0.702. The fraction of sp³-hybridized carbons (Fsp3) is 0.111. The Bertz CT molecular complexity index is 296. The Hall–Kier alpha value is -0.560. The molecule has 0 nitrogen and oxygen atoms in total. The van der Waals surface area contributed by atoms with Gasteiger partial charge < -0.3 is 0 Å². The van der Waals surface area contributed by atoms with Crippen LogP contribution in [0.2, 0.25) is 0 Å². The summed E-state index contributed by atoms with van der Waals surface area (Å²) >= 11 is 2.20. The van der Waals surface area contributed by atoms with Gasteiger partial charge in [0.05, 0.1) is 0 Å². The maximum Gasteiger partial charge on any atom is 0.150 e. The van der Waals surface area contributed by atoms with Gasteiger partial charge >= 0.3 is 0 Å². The SMILES string of the molecule is FCC#Cc1cccc(I)c1. The number of alkyl halides is 1. The van der Waals surface area contributed by atoms with Gasteiger partial charge in [-0.05, 0) is 40.8 Å². The van der Waals surface area contributed by atoms with Crippen LogP contribution in [-0.4, -0.2) is 6.67 Å². The van der Waals surface area contributed by atoms with Crippen LogP contribution < -0.4 is 0 Å². The quantitative estimate of drug-likeness (QED) is 0.497. The molecule has 1 rings (SSSR count). The summed E-state index contributed by atoms with van der Waals surface area (Å²) in [5.41, 5.74) is 0.870. The summed E-state index contributed by atoms with van der Waals surface area (Å²) in [6, 6.07) is 7.67. The van der Waals surface area contributed by atoms with Crippen LogP contribution in [-0.2, 0) is 0 Å². The molecule has 0 radical (unpaired) electrons. The molecule has 0 fully saturated rings. The molecule has 0 spiro atoms. The highest BCUT2D eigenvalue weighted by molar-refractivity contribution is 14.1. The average molecular weight is 260 g/mol. The second kappa shape index (κ2) is 4.35. The molecule has 2 heteroatoms. The largest absolute Gasteiger partial charge is 0.237 e. The van der Waals surface area contributed by atoms with Gasteiger partial charge in [-0.1, -0.05) is 17.9 Å². The molecule has 0 aliphatic carbocycles. The zero-order valence-corrected chi connectivity index (χ0v) is 7.93. The Morgan fingerprint density at radius 2 is 2.27 bits per heavy atom. The maximum atomic E-state index is 11.6. The monoisotopic (exact) mass is 260 g/mol. The van der Waals surface area contributed by atoms with Crippen molar-refractivity contribution in [3.05, 3.63) is 33.4 Å². The van der Waals surface area contributed by atoms with Gasteiger partial charge in [0.15, 0.2) is 6.67 Å². The summed E-state index contributed by atoms with van der Waals surface area (Å²) in [6.45, 7) is -0.578. The molecule has 0 aliphatic rings. The molecule has 1 aromatic carbocycles. The number of hydrogen-bond donors (Lipinski definition) is 0. The molecule has 0 saturated carbocycles. The van der Waals surface area contributed by atoms with Crippen molar-refractivity contribution >= 4 is 22.6 Å². The van der Waals surface area contributed by atoms with Crippen molar-refractivity contribution < 1.29 is 4.39 Å². The molecule has 0 unspecified atom stereocenters. The summed E-state index contributed by atoms with van der Waals surface area (Å²) in [6.07, 6.45) is 0. The zero-order valence-electron chi connectivity index (χ0n) is 5.77. The molecule has 1 aromatic rings. The maximum absolute atomic E-state index is 11.6. The van der Waals surface area contributed by atoms with E-state index in [4.69, 9.17) is 0 Å². The minimum atomic E-state index is -0.578. The number of halogens is 2. The summed E-state index contributed by atoms with van der Waals surface area (Å²) in [7, 11) is 0. The van der Waals surface area contributed by atoms with Crippen molar-refractivity contribution in [3.63, 3.8) is 0 Å². The minimum absolute atomic E-state index is 0.578. The molecule has 0 aromatic heterocycles. The van der Waals surface area contributed by atoms with Gasteiger partial charge in [0.1, 0.15) is 0 Å². The van der Waals surface area contributed by atoms with Crippen LogP contribution in [0.25, 0.3) is 0 Å². The first-order chi connectivity index (χ1) is 5.33. The highest BCUT2D eigenvalue weighted by Gasteiger charge is 1.86. The Morgan fingerprint density at radius 3 is 2.91 bits per heavy atom. The van der Waals surface area contributed by atoms with Crippen LogP contribution in [0.4, 0.5) is 4.39 Å². The van der Waals surface area contributed by atoms with Gasteiger partial charge in [-0.3, -0.25) is 0 Å². The van der Waals surface area contributed by atoms with Crippen LogP contribution >= 0.6 is 22.6 Å². The van der Waals surface area contributed by atoms with Crippen LogP contribution in [0.5, 0.6) is 0 Å². The molecule has 56 valence electrons. The lowest BCUT2D eigenvalue weighted by Crippen LogP contribution is -1.75. The lowest BCUT2D eigenvalue weighted by Gasteiger charge is -1.89. The van der Waals surface area contributed by atoms with Crippen molar-refractivity contribution in [2.75, 3.05) is 6.67 Å². The highest BCUT2D eigenvalue weighted by atomic mass is 127. The highest BCUT2D eigenvalue weighted by Crippen LogP contribution is 2.05. The van der Waals surface area contributed by atoms with Gasteiger partial charge in [0.25, 0.3) is 0 Å². The summed E-state index contributed by atoms with van der Waals surface area (Å²) in [4.78, 5) is 0. The summed E-state index contributed by atoms with van der Waals surface area (Å²) in [5.74, 6) is 5.08. The zero-order chi connectivity index (χ0) is 8.10. The predicted molar refractivity (Wildman–Crippen MR) is 52.0 cm³/mol. The van der Waals surface area contributed by atoms with Gasteiger partial charge in [-0.15, -0.1) is 0 Å². The van der Waals surface area contributed by atoms with E-state index >= 15 is 0 Å². The van der Waals surface area contributed by atoms with Crippen LogP contribution in [0.3, 0.4) is 0 Å². The molecule has 0 atom stereocenters. The van der Waals surface area contributed by atoms with Crippen LogP contribution in [0, 0.1) is 15.4 Å². The second-order valence-electron chi connectivity index (χ2n) is 1.95. The predicted octanol–water partition coefficient (Wildman–Crippen LogP) is 2.61. The molecule has 0 saturated heterocycles.